The molecule has 3 aliphatic heterocycles. The SMILES string of the molecule is O=C([C@@H]1C[C@@H]2OCC[C@@H]2N1C(=O)c1cnc(C(F)(F)F)nc1)N1CCCC1. The minimum atomic E-state index is -4.67. The number of aromatic nitrogens is 2. The summed E-state index contributed by atoms with van der Waals surface area (Å²) in [5.74, 6) is -1.95. The van der Waals surface area contributed by atoms with E-state index in [1.54, 1.807) is 4.90 Å². The lowest BCUT2D eigenvalue weighted by molar-refractivity contribution is -0.145. The van der Waals surface area contributed by atoms with Gasteiger partial charge in [-0.15, -0.1) is 0 Å². The quantitative estimate of drug-likeness (QED) is 0.772. The molecule has 3 saturated heterocycles. The molecule has 1 aromatic heterocycles. The third kappa shape index (κ3) is 3.26. The van der Waals surface area contributed by atoms with Crippen LogP contribution in [0.15, 0.2) is 12.4 Å². The first-order valence-electron chi connectivity index (χ1n) is 8.98. The normalized spacial score (nSPS) is 27.9. The van der Waals surface area contributed by atoms with E-state index < -0.39 is 23.9 Å². The second kappa shape index (κ2) is 6.74. The van der Waals surface area contributed by atoms with Crippen LogP contribution in [0.4, 0.5) is 13.2 Å². The van der Waals surface area contributed by atoms with Gasteiger partial charge in [0.25, 0.3) is 5.91 Å². The predicted molar refractivity (Wildman–Crippen MR) is 85.6 cm³/mol. The van der Waals surface area contributed by atoms with Gasteiger partial charge in [0.1, 0.15) is 6.04 Å². The summed E-state index contributed by atoms with van der Waals surface area (Å²) in [5.41, 5.74) is -0.0604. The van der Waals surface area contributed by atoms with Crippen LogP contribution in [-0.2, 0) is 15.7 Å². The highest BCUT2D eigenvalue weighted by atomic mass is 19.4. The Morgan fingerprint density at radius 1 is 1.15 bits per heavy atom. The van der Waals surface area contributed by atoms with Gasteiger partial charge in [-0.3, -0.25) is 9.59 Å². The molecule has 0 aromatic carbocycles. The van der Waals surface area contributed by atoms with Crippen LogP contribution in [0.1, 0.15) is 41.9 Å². The molecule has 7 nitrogen and oxygen atoms in total. The number of fused-ring (bicyclic) bond motifs is 1. The second-order valence-corrected chi connectivity index (χ2v) is 7.05. The van der Waals surface area contributed by atoms with Crippen molar-refractivity contribution in [3.63, 3.8) is 0 Å². The highest BCUT2D eigenvalue weighted by molar-refractivity contribution is 5.98. The zero-order valence-corrected chi connectivity index (χ0v) is 14.5. The van der Waals surface area contributed by atoms with Crippen LogP contribution in [0.3, 0.4) is 0 Å². The van der Waals surface area contributed by atoms with E-state index in [0.29, 0.717) is 32.5 Å². The summed E-state index contributed by atoms with van der Waals surface area (Å²) >= 11 is 0. The number of alkyl halides is 3. The molecule has 0 saturated carbocycles. The molecule has 0 spiro atoms. The van der Waals surface area contributed by atoms with Crippen molar-refractivity contribution < 1.29 is 27.5 Å². The Morgan fingerprint density at radius 2 is 1.81 bits per heavy atom. The molecule has 4 heterocycles. The highest BCUT2D eigenvalue weighted by Crippen LogP contribution is 2.36. The summed E-state index contributed by atoms with van der Waals surface area (Å²) in [6.45, 7) is 1.82. The van der Waals surface area contributed by atoms with Gasteiger partial charge in [0, 0.05) is 38.5 Å². The molecule has 3 aliphatic rings. The zero-order chi connectivity index (χ0) is 19.2. The third-order valence-corrected chi connectivity index (χ3v) is 5.41. The van der Waals surface area contributed by atoms with Gasteiger partial charge in [-0.05, 0) is 19.3 Å². The van der Waals surface area contributed by atoms with Crippen molar-refractivity contribution >= 4 is 11.8 Å². The van der Waals surface area contributed by atoms with E-state index in [2.05, 4.69) is 9.97 Å². The summed E-state index contributed by atoms with van der Waals surface area (Å²) in [7, 11) is 0. The largest absolute Gasteiger partial charge is 0.451 e. The molecular weight excluding hydrogens is 365 g/mol. The van der Waals surface area contributed by atoms with Gasteiger partial charge in [-0.25, -0.2) is 9.97 Å². The number of nitrogens with zero attached hydrogens (tertiary/aromatic N) is 4. The molecule has 2 amide bonds. The Balaban J connectivity index is 1.59. The molecule has 3 atom stereocenters. The number of ether oxygens (including phenoxy) is 1. The van der Waals surface area contributed by atoms with Crippen molar-refractivity contribution in [3.05, 3.63) is 23.8 Å². The van der Waals surface area contributed by atoms with E-state index in [4.69, 9.17) is 4.74 Å². The molecular formula is C17H19F3N4O3. The molecule has 3 fully saturated rings. The minimum Gasteiger partial charge on any atom is -0.376 e. The molecule has 0 radical (unpaired) electrons. The standard InChI is InChI=1S/C17H19F3N4O3/c18-17(19,20)16-21-8-10(9-22-16)14(25)24-11-3-6-27-13(11)7-12(24)15(26)23-4-1-2-5-23/h8-9,11-13H,1-7H2/t11-,12-,13-/m0/s1. The second-order valence-electron chi connectivity index (χ2n) is 7.05. The zero-order valence-electron chi connectivity index (χ0n) is 14.5. The van der Waals surface area contributed by atoms with Gasteiger partial charge in [0.2, 0.25) is 11.7 Å². The molecule has 1 aromatic rings. The first-order chi connectivity index (χ1) is 12.9. The average Bonchev–Trinajstić information content (AvgIpc) is 3.36. The van der Waals surface area contributed by atoms with E-state index in [0.717, 1.165) is 25.2 Å². The van der Waals surface area contributed by atoms with E-state index in [-0.39, 0.29) is 23.6 Å². The van der Waals surface area contributed by atoms with Crippen LogP contribution in [0, 0.1) is 0 Å². The number of carbonyl (C=O) groups excluding carboxylic acids is 2. The molecule has 4 rings (SSSR count). The highest BCUT2D eigenvalue weighted by Gasteiger charge is 2.51. The summed E-state index contributed by atoms with van der Waals surface area (Å²) in [4.78, 5) is 35.7. The van der Waals surface area contributed by atoms with Crippen LogP contribution in [0.5, 0.6) is 0 Å². The molecule has 0 aliphatic carbocycles. The number of halogens is 3. The number of amides is 2. The lowest BCUT2D eigenvalue weighted by atomic mass is 10.1. The van der Waals surface area contributed by atoms with Gasteiger partial charge in [-0.2, -0.15) is 13.2 Å². The maximum absolute atomic E-state index is 13.0. The molecule has 27 heavy (non-hydrogen) atoms. The lowest BCUT2D eigenvalue weighted by Crippen LogP contribution is -2.49. The summed E-state index contributed by atoms with van der Waals surface area (Å²) < 4.78 is 43.6. The smallest absolute Gasteiger partial charge is 0.376 e. The van der Waals surface area contributed by atoms with Gasteiger partial charge in [-0.1, -0.05) is 0 Å². The van der Waals surface area contributed by atoms with Crippen molar-refractivity contribution in [2.45, 2.75) is 50.0 Å². The van der Waals surface area contributed by atoms with Crippen molar-refractivity contribution in [2.24, 2.45) is 0 Å². The van der Waals surface area contributed by atoms with Crippen molar-refractivity contribution in [1.82, 2.24) is 19.8 Å². The van der Waals surface area contributed by atoms with E-state index in [1.807, 2.05) is 0 Å². The topological polar surface area (TPSA) is 75.6 Å². The Morgan fingerprint density at radius 3 is 2.44 bits per heavy atom. The van der Waals surface area contributed by atoms with Crippen molar-refractivity contribution in [2.75, 3.05) is 19.7 Å². The molecule has 0 bridgehead atoms. The Hall–Kier alpha value is -2.23. The first-order valence-corrected chi connectivity index (χ1v) is 8.98. The molecule has 0 unspecified atom stereocenters. The summed E-state index contributed by atoms with van der Waals surface area (Å²) in [6.07, 6.45) is -0.272. The first kappa shape index (κ1) is 18.1. The fraction of sp³-hybridized carbons (Fsp3) is 0.647. The summed E-state index contributed by atoms with van der Waals surface area (Å²) in [6, 6.07) is -0.912. The van der Waals surface area contributed by atoms with Crippen molar-refractivity contribution in [3.8, 4) is 0 Å². The number of hydrogen-bond donors (Lipinski definition) is 0. The van der Waals surface area contributed by atoms with Crippen LogP contribution >= 0.6 is 0 Å². The Kier molecular flexibility index (Phi) is 4.53. The van der Waals surface area contributed by atoms with Crippen LogP contribution < -0.4 is 0 Å². The number of hydrogen-bond acceptors (Lipinski definition) is 5. The number of likely N-dealkylation sites (tertiary alicyclic amines) is 2. The maximum atomic E-state index is 13.0. The third-order valence-electron chi connectivity index (χ3n) is 5.41. The minimum absolute atomic E-state index is 0.0604. The Bertz CT molecular complexity index is 734. The van der Waals surface area contributed by atoms with Gasteiger partial charge in [0.05, 0.1) is 17.7 Å². The summed E-state index contributed by atoms with van der Waals surface area (Å²) in [5, 5.41) is 0. The van der Waals surface area contributed by atoms with Gasteiger partial charge < -0.3 is 14.5 Å². The molecule has 10 heteroatoms. The number of rotatable bonds is 2. The molecule has 0 N–H and O–H groups in total. The van der Waals surface area contributed by atoms with Crippen LogP contribution in [-0.4, -0.2) is 69.5 Å². The number of carbonyl (C=O) groups is 2. The van der Waals surface area contributed by atoms with Gasteiger partial charge in [0.15, 0.2) is 0 Å². The predicted octanol–water partition coefficient (Wildman–Crippen LogP) is 1.49. The fourth-order valence-corrected chi connectivity index (χ4v) is 4.14. The van der Waals surface area contributed by atoms with E-state index in [1.165, 1.54) is 4.90 Å². The van der Waals surface area contributed by atoms with Crippen LogP contribution in [0.2, 0.25) is 0 Å². The van der Waals surface area contributed by atoms with Crippen molar-refractivity contribution in [1.29, 1.82) is 0 Å². The van der Waals surface area contributed by atoms with E-state index in [9.17, 15) is 22.8 Å². The lowest BCUT2D eigenvalue weighted by Gasteiger charge is -2.30. The Labute approximate surface area is 153 Å². The van der Waals surface area contributed by atoms with Crippen LogP contribution in [0.25, 0.3) is 0 Å². The fourth-order valence-electron chi connectivity index (χ4n) is 4.14. The molecule has 146 valence electrons. The maximum Gasteiger partial charge on any atom is 0.451 e. The average molecular weight is 384 g/mol. The van der Waals surface area contributed by atoms with E-state index >= 15 is 0 Å². The van der Waals surface area contributed by atoms with Gasteiger partial charge >= 0.3 is 6.18 Å². The monoisotopic (exact) mass is 384 g/mol.